The first-order valence-corrected chi connectivity index (χ1v) is 27.2. The summed E-state index contributed by atoms with van der Waals surface area (Å²) in [6, 6.07) is 33.6. The van der Waals surface area contributed by atoms with Crippen LogP contribution >= 0.6 is 11.6 Å². The number of nitro groups is 1. The molecule has 0 aliphatic carbocycles. The van der Waals surface area contributed by atoms with Crippen LogP contribution in [-0.2, 0) is 64.7 Å². The van der Waals surface area contributed by atoms with E-state index >= 15 is 0 Å². The number of phenolic OH excluding ortho intramolecular Hbond substituents is 3. The Morgan fingerprint density at radius 3 is 1.92 bits per heavy atom. The summed E-state index contributed by atoms with van der Waals surface area (Å²) < 4.78 is 93.0. The summed E-state index contributed by atoms with van der Waals surface area (Å²) in [4.78, 5) is 22.7. The Morgan fingerprint density at radius 2 is 1.27 bits per heavy atom. The number of non-ortho nitro benzene ring substituents is 1. The first-order chi connectivity index (χ1) is 36.9. The van der Waals surface area contributed by atoms with Gasteiger partial charge in [-0.15, -0.1) is 20.5 Å². The summed E-state index contributed by atoms with van der Waals surface area (Å²) in [6.45, 7) is 0.902. The molecule has 406 valence electrons. The first-order valence-electron chi connectivity index (χ1n) is 22.4. The minimum absolute atomic E-state index is 0. The number of phenols is 3. The van der Waals surface area contributed by atoms with Gasteiger partial charge in [0.05, 0.1) is 33.6 Å². The molecular weight excluding hydrogens is 1150 g/mol. The van der Waals surface area contributed by atoms with Crippen molar-refractivity contribution in [3.05, 3.63) is 177 Å². The quantitative estimate of drug-likeness (QED) is 0.0227. The molecule has 0 saturated carbocycles. The average Bonchev–Trinajstić information content (AvgIpc) is 3.79. The number of aromatic hydroxyl groups is 4. The summed E-state index contributed by atoms with van der Waals surface area (Å²) in [5.41, 5.74) is 2.08. The summed E-state index contributed by atoms with van der Waals surface area (Å²) in [5.74, 6) is -1.31. The van der Waals surface area contributed by atoms with E-state index in [1.54, 1.807) is 61.5 Å². The van der Waals surface area contributed by atoms with E-state index in [1.807, 2.05) is 12.1 Å². The average molecular weight is 1190 g/mol. The van der Waals surface area contributed by atoms with Crippen LogP contribution in [0.15, 0.2) is 164 Å². The van der Waals surface area contributed by atoms with Crippen molar-refractivity contribution >= 4 is 91.9 Å². The predicted molar refractivity (Wildman–Crippen MR) is 281 cm³/mol. The van der Waals surface area contributed by atoms with Crippen molar-refractivity contribution in [1.82, 2.24) is 24.7 Å². The molecule has 9 aromatic rings. The van der Waals surface area contributed by atoms with Crippen LogP contribution in [0.1, 0.15) is 28.5 Å². The fourth-order valence-corrected chi connectivity index (χ4v) is 9.99. The van der Waals surface area contributed by atoms with E-state index in [0.29, 0.717) is 44.9 Å². The summed E-state index contributed by atoms with van der Waals surface area (Å²) in [6.07, 6.45) is 0.370. The number of hydrogen-bond acceptors (Lipinski definition) is 21. The molecule has 0 aliphatic rings. The van der Waals surface area contributed by atoms with Gasteiger partial charge in [-0.25, -0.2) is 27.6 Å². The Labute approximate surface area is 463 Å². The largest absolute Gasteiger partial charge is 0.506 e. The maximum absolute atomic E-state index is 12.4. The number of nitro benzene ring substituents is 1. The van der Waals surface area contributed by atoms with Crippen LogP contribution in [0.5, 0.6) is 23.1 Å². The van der Waals surface area contributed by atoms with Crippen LogP contribution in [0.3, 0.4) is 0 Å². The van der Waals surface area contributed by atoms with Gasteiger partial charge in [0.25, 0.3) is 15.8 Å². The van der Waals surface area contributed by atoms with E-state index in [9.17, 15) is 60.3 Å². The number of fused-ring (bicyclic) bond motifs is 2. The molecule has 0 saturated heterocycles. The zero-order valence-electron chi connectivity index (χ0n) is 40.4. The van der Waals surface area contributed by atoms with Gasteiger partial charge in [-0.1, -0.05) is 72.8 Å². The molecular formula is C49H39ClCrN10O15S3. The molecule has 0 radical (unpaired) electrons. The summed E-state index contributed by atoms with van der Waals surface area (Å²) >= 11 is 6.18. The van der Waals surface area contributed by atoms with E-state index in [-0.39, 0.29) is 97.0 Å². The van der Waals surface area contributed by atoms with E-state index in [0.717, 1.165) is 24.3 Å². The maximum Gasteiger partial charge on any atom is 0.397 e. The molecule has 6 N–H and O–H groups in total. The number of azo groups is 2. The molecule has 2 heterocycles. The van der Waals surface area contributed by atoms with Crippen LogP contribution in [-0.4, -0.2) is 96.8 Å². The minimum atomic E-state index is -4.76. The van der Waals surface area contributed by atoms with Gasteiger partial charge in [-0.2, -0.15) is 26.6 Å². The second-order valence-corrected chi connectivity index (χ2v) is 21.5. The number of nitrogens with zero attached hydrogens (tertiary/aromatic N) is 10. The SMILES string of the molecule is Cc1nn(-c2ccccc2)c(O)c1N=Nc1c(O)cc(S(=O)(=O)O)c2ccccc12.O=[N+]([O-])c1ccc(O)c(N=Nc2ccc3ccc(Cc4nc(Cl)nc(Cc5ccc(S(=O)(=O)CCOS(=O)(=O)O)cc5)n4)cc3c2O)c1.[Cr]. The van der Waals surface area contributed by atoms with Crippen LogP contribution in [0.4, 0.5) is 28.4 Å². The van der Waals surface area contributed by atoms with Gasteiger partial charge in [0.15, 0.2) is 21.3 Å². The number of halogens is 1. The molecule has 25 nitrogen and oxygen atoms in total. The molecule has 0 bridgehead atoms. The molecule has 79 heavy (non-hydrogen) atoms. The monoisotopic (exact) mass is 1190 g/mol. The fourth-order valence-electron chi connectivity index (χ4n) is 7.59. The van der Waals surface area contributed by atoms with Crippen molar-refractivity contribution in [2.24, 2.45) is 20.5 Å². The van der Waals surface area contributed by atoms with Crippen molar-refractivity contribution in [2.75, 3.05) is 12.4 Å². The van der Waals surface area contributed by atoms with Gasteiger partial charge in [-0.3, -0.25) is 19.2 Å². The van der Waals surface area contributed by atoms with Crippen LogP contribution in [0, 0.1) is 17.0 Å². The standard InChI is InChI=1S/C29H23ClN6O10S2.C20H16N4O5S.Cr/c30-29-32-26(14-17-2-7-21(8-3-17)47(41,42)12-11-46-48(43,44)45)31-27(33-29)15-18-1-4-19-5-9-23(28(38)22(19)13-18)34-35-24-16-20(36(39)40)6-10-25(24)37;1-12-18(20(26)24(23-12)13-7-3-2-4-8-13)21-22-19-15-10-6-5-9-14(15)17(11-16(19)25)30(27,28)29;/h1-10,13,16,37-38H,11-12,14-15H2,(H,43,44,45);2-11,25-26H,1H3,(H,27,28,29);. The molecule has 0 fully saturated rings. The van der Waals surface area contributed by atoms with Crippen molar-refractivity contribution in [3.8, 4) is 28.8 Å². The summed E-state index contributed by atoms with van der Waals surface area (Å²) in [7, 11) is -13.2. The van der Waals surface area contributed by atoms with Crippen molar-refractivity contribution in [2.45, 2.75) is 29.6 Å². The molecule has 7 aromatic carbocycles. The van der Waals surface area contributed by atoms with Crippen LogP contribution in [0.2, 0.25) is 5.28 Å². The molecule has 0 atom stereocenters. The third-order valence-corrected chi connectivity index (χ3v) is 14.5. The Morgan fingerprint density at radius 1 is 0.658 bits per heavy atom. The van der Waals surface area contributed by atoms with Crippen molar-refractivity contribution < 1.29 is 81.3 Å². The molecule has 2 aromatic heterocycles. The molecule has 9 rings (SSSR count). The fraction of sp³-hybridized carbons (Fsp3) is 0.102. The molecule has 30 heteroatoms. The zero-order chi connectivity index (χ0) is 56.1. The second-order valence-electron chi connectivity index (χ2n) is 16.6. The maximum atomic E-state index is 12.4. The third-order valence-electron chi connectivity index (χ3n) is 11.3. The molecule has 0 amide bonds. The van der Waals surface area contributed by atoms with Gasteiger partial charge in [0.1, 0.15) is 45.1 Å². The third kappa shape index (κ3) is 14.2. The van der Waals surface area contributed by atoms with E-state index in [4.69, 9.17) is 16.2 Å². The number of sulfone groups is 1. The number of hydrogen-bond donors (Lipinski definition) is 6. The van der Waals surface area contributed by atoms with Gasteiger partial charge in [0.2, 0.25) is 11.2 Å². The predicted octanol–water partition coefficient (Wildman–Crippen LogP) is 9.59. The number of rotatable bonds is 16. The van der Waals surface area contributed by atoms with Gasteiger partial charge >= 0.3 is 10.4 Å². The summed E-state index contributed by atoms with van der Waals surface area (Å²) in [5, 5.41) is 74.6. The topological polar surface area (TPSA) is 382 Å². The number of para-hydroxylation sites is 1. The van der Waals surface area contributed by atoms with Gasteiger partial charge in [-0.05, 0) is 77.5 Å². The minimum Gasteiger partial charge on any atom is -0.506 e. The number of aromatic nitrogens is 5. The van der Waals surface area contributed by atoms with Crippen LogP contribution < -0.4 is 0 Å². The molecule has 0 spiro atoms. The Balaban J connectivity index is 0.000000250. The van der Waals surface area contributed by atoms with E-state index < -0.39 is 58.3 Å². The van der Waals surface area contributed by atoms with Gasteiger partial charge < -0.3 is 20.4 Å². The first kappa shape index (κ1) is 58.3. The van der Waals surface area contributed by atoms with E-state index in [2.05, 4.69) is 44.7 Å². The van der Waals surface area contributed by atoms with Gasteiger partial charge in [0, 0.05) is 64.6 Å². The van der Waals surface area contributed by atoms with Crippen molar-refractivity contribution in [3.63, 3.8) is 0 Å². The smallest absolute Gasteiger partial charge is 0.397 e. The molecule has 0 aliphatic heterocycles. The Kier molecular flexibility index (Phi) is 17.8. The normalized spacial score (nSPS) is 11.9. The molecule has 0 unspecified atom stereocenters. The van der Waals surface area contributed by atoms with Crippen LogP contribution in [0.25, 0.3) is 27.2 Å². The zero-order valence-corrected chi connectivity index (χ0v) is 44.9. The number of aryl methyl sites for hydroxylation is 1. The van der Waals surface area contributed by atoms with Crippen molar-refractivity contribution in [1.29, 1.82) is 0 Å². The van der Waals surface area contributed by atoms with E-state index in [1.165, 1.54) is 47.1 Å². The Hall–Kier alpha value is -8.37. The second kappa shape index (κ2) is 24.1. The number of benzene rings is 7. The Bertz CT molecular complexity index is 4220.